The van der Waals surface area contributed by atoms with Gasteiger partial charge in [0.2, 0.25) is 0 Å². The summed E-state index contributed by atoms with van der Waals surface area (Å²) in [6.07, 6.45) is 6.66. The molecule has 0 bridgehead atoms. The van der Waals surface area contributed by atoms with Crippen molar-refractivity contribution in [1.82, 2.24) is 40.1 Å². The lowest BCUT2D eigenvalue weighted by Crippen LogP contribution is -1.88. The minimum absolute atomic E-state index is 0.629. The first-order valence-electron chi connectivity index (χ1n) is 7.30. The highest BCUT2D eigenvalue weighted by molar-refractivity contribution is 5.90. The molecule has 5 aromatic rings. The van der Waals surface area contributed by atoms with Crippen LogP contribution in [0.5, 0.6) is 0 Å². The zero-order valence-corrected chi connectivity index (χ0v) is 12.3. The van der Waals surface area contributed by atoms with E-state index in [1.165, 1.54) is 6.33 Å². The third kappa shape index (κ3) is 1.93. The fourth-order valence-corrected chi connectivity index (χ4v) is 2.61. The first kappa shape index (κ1) is 12.8. The zero-order chi connectivity index (χ0) is 15.9. The molecule has 0 saturated heterocycles. The molecule has 0 aliphatic rings. The topological polar surface area (TPSA) is 109 Å². The first-order chi connectivity index (χ1) is 11.9. The van der Waals surface area contributed by atoms with Gasteiger partial charge in [0.1, 0.15) is 11.8 Å². The van der Waals surface area contributed by atoms with Crippen LogP contribution in [0.1, 0.15) is 0 Å². The Hall–Kier alpha value is -3.68. The Morgan fingerprint density at radius 2 is 1.83 bits per heavy atom. The molecule has 0 amide bonds. The summed E-state index contributed by atoms with van der Waals surface area (Å²) in [6.45, 7) is 0. The SMILES string of the molecule is c1cnc2nc(-c3n[nH]c4ccc(-c5cncnc5)nc34)[nH]c2c1. The molecular formula is C16H10N8. The molecule has 0 atom stereocenters. The van der Waals surface area contributed by atoms with E-state index in [-0.39, 0.29) is 0 Å². The van der Waals surface area contributed by atoms with Gasteiger partial charge in [0.05, 0.1) is 16.7 Å². The average molecular weight is 314 g/mol. The minimum Gasteiger partial charge on any atom is -0.335 e. The van der Waals surface area contributed by atoms with Crippen LogP contribution in [0.2, 0.25) is 0 Å². The van der Waals surface area contributed by atoms with Crippen molar-refractivity contribution < 1.29 is 0 Å². The van der Waals surface area contributed by atoms with Gasteiger partial charge in [-0.25, -0.2) is 24.9 Å². The predicted octanol–water partition coefficient (Wildman–Crippen LogP) is 2.35. The number of hydrogen-bond donors (Lipinski definition) is 2. The molecule has 0 aliphatic carbocycles. The summed E-state index contributed by atoms with van der Waals surface area (Å²) >= 11 is 0. The van der Waals surface area contributed by atoms with Crippen LogP contribution in [0, 0.1) is 0 Å². The Morgan fingerprint density at radius 1 is 0.917 bits per heavy atom. The third-order valence-electron chi connectivity index (χ3n) is 3.75. The lowest BCUT2D eigenvalue weighted by Gasteiger charge is -1.99. The van der Waals surface area contributed by atoms with Crippen molar-refractivity contribution in [3.63, 3.8) is 0 Å². The van der Waals surface area contributed by atoms with Crippen molar-refractivity contribution >= 4 is 22.2 Å². The Morgan fingerprint density at radius 3 is 2.71 bits per heavy atom. The third-order valence-corrected chi connectivity index (χ3v) is 3.75. The van der Waals surface area contributed by atoms with Gasteiger partial charge in [-0.3, -0.25) is 5.10 Å². The molecule has 5 aromatic heterocycles. The number of nitrogens with one attached hydrogen (secondary N) is 2. The fraction of sp³-hybridized carbons (Fsp3) is 0. The molecule has 0 aromatic carbocycles. The number of rotatable bonds is 2. The summed E-state index contributed by atoms with van der Waals surface area (Å²) in [5.74, 6) is 0.629. The summed E-state index contributed by atoms with van der Waals surface area (Å²) in [5.41, 5.74) is 5.35. The quantitative estimate of drug-likeness (QED) is 0.517. The van der Waals surface area contributed by atoms with E-state index in [4.69, 9.17) is 4.98 Å². The van der Waals surface area contributed by atoms with Crippen LogP contribution in [0.25, 0.3) is 45.0 Å². The number of pyridine rings is 2. The van der Waals surface area contributed by atoms with Gasteiger partial charge in [-0.05, 0) is 24.3 Å². The average Bonchev–Trinajstić information content (AvgIpc) is 3.25. The van der Waals surface area contributed by atoms with Crippen molar-refractivity contribution in [2.45, 2.75) is 0 Å². The molecule has 5 rings (SSSR count). The molecule has 8 nitrogen and oxygen atoms in total. The second-order valence-corrected chi connectivity index (χ2v) is 5.25. The first-order valence-corrected chi connectivity index (χ1v) is 7.30. The van der Waals surface area contributed by atoms with Crippen LogP contribution >= 0.6 is 0 Å². The van der Waals surface area contributed by atoms with Gasteiger partial charge in [-0.1, -0.05) is 0 Å². The smallest absolute Gasteiger partial charge is 0.178 e. The maximum absolute atomic E-state index is 4.70. The van der Waals surface area contributed by atoms with Gasteiger partial charge in [0.25, 0.3) is 0 Å². The van der Waals surface area contributed by atoms with Crippen molar-refractivity contribution in [3.8, 4) is 22.8 Å². The molecular weight excluding hydrogens is 304 g/mol. The number of H-pyrrole nitrogens is 2. The van der Waals surface area contributed by atoms with Gasteiger partial charge in [0, 0.05) is 24.2 Å². The molecule has 0 aliphatic heterocycles. The Balaban J connectivity index is 1.71. The second kappa shape index (κ2) is 4.92. The predicted molar refractivity (Wildman–Crippen MR) is 87.8 cm³/mol. The van der Waals surface area contributed by atoms with Crippen LogP contribution in [-0.4, -0.2) is 40.1 Å². The summed E-state index contributed by atoms with van der Waals surface area (Å²) in [4.78, 5) is 24.7. The van der Waals surface area contributed by atoms with E-state index < -0.39 is 0 Å². The van der Waals surface area contributed by atoms with E-state index >= 15 is 0 Å². The summed E-state index contributed by atoms with van der Waals surface area (Å²) in [5, 5.41) is 7.34. The normalized spacial score (nSPS) is 11.3. The highest BCUT2D eigenvalue weighted by atomic mass is 15.2. The van der Waals surface area contributed by atoms with Crippen LogP contribution in [0.4, 0.5) is 0 Å². The molecule has 0 radical (unpaired) electrons. The number of aromatic nitrogens is 8. The minimum atomic E-state index is 0.629. The molecule has 0 saturated carbocycles. The van der Waals surface area contributed by atoms with Crippen LogP contribution in [0.15, 0.2) is 49.2 Å². The molecule has 0 fully saturated rings. The molecule has 5 heterocycles. The Kier molecular flexibility index (Phi) is 2.63. The molecule has 0 spiro atoms. The van der Waals surface area contributed by atoms with Crippen LogP contribution in [0.3, 0.4) is 0 Å². The summed E-state index contributed by atoms with van der Waals surface area (Å²) < 4.78 is 0. The molecule has 2 N–H and O–H groups in total. The Bertz CT molecular complexity index is 1130. The van der Waals surface area contributed by atoms with E-state index in [0.29, 0.717) is 17.2 Å². The Labute approximate surface area is 135 Å². The van der Waals surface area contributed by atoms with Gasteiger partial charge in [-0.2, -0.15) is 5.10 Å². The van der Waals surface area contributed by atoms with E-state index in [0.717, 1.165) is 27.8 Å². The highest BCUT2D eigenvalue weighted by Crippen LogP contribution is 2.26. The van der Waals surface area contributed by atoms with Gasteiger partial charge in [0.15, 0.2) is 17.2 Å². The lowest BCUT2D eigenvalue weighted by molar-refractivity contribution is 1.10. The van der Waals surface area contributed by atoms with Crippen molar-refractivity contribution in [2.24, 2.45) is 0 Å². The van der Waals surface area contributed by atoms with Crippen LogP contribution in [-0.2, 0) is 0 Å². The van der Waals surface area contributed by atoms with Crippen LogP contribution < -0.4 is 0 Å². The molecule has 114 valence electrons. The number of nitrogens with zero attached hydrogens (tertiary/aromatic N) is 6. The van der Waals surface area contributed by atoms with E-state index in [9.17, 15) is 0 Å². The zero-order valence-electron chi connectivity index (χ0n) is 12.3. The molecule has 24 heavy (non-hydrogen) atoms. The van der Waals surface area contributed by atoms with Crippen molar-refractivity contribution in [2.75, 3.05) is 0 Å². The molecule has 8 heteroatoms. The monoisotopic (exact) mass is 314 g/mol. The summed E-state index contributed by atoms with van der Waals surface area (Å²) in [6, 6.07) is 7.62. The number of fused-ring (bicyclic) bond motifs is 2. The largest absolute Gasteiger partial charge is 0.335 e. The van der Waals surface area contributed by atoms with E-state index in [1.807, 2.05) is 24.3 Å². The van der Waals surface area contributed by atoms with Gasteiger partial charge >= 0.3 is 0 Å². The maximum atomic E-state index is 4.70. The van der Waals surface area contributed by atoms with Crippen molar-refractivity contribution in [3.05, 3.63) is 49.2 Å². The van der Waals surface area contributed by atoms with Gasteiger partial charge < -0.3 is 4.98 Å². The highest BCUT2D eigenvalue weighted by Gasteiger charge is 2.15. The number of hydrogen-bond acceptors (Lipinski definition) is 6. The number of imidazole rings is 1. The number of aromatic amines is 2. The summed E-state index contributed by atoms with van der Waals surface area (Å²) in [7, 11) is 0. The fourth-order valence-electron chi connectivity index (χ4n) is 2.61. The van der Waals surface area contributed by atoms with E-state index in [1.54, 1.807) is 18.6 Å². The maximum Gasteiger partial charge on any atom is 0.178 e. The lowest BCUT2D eigenvalue weighted by atomic mass is 10.2. The van der Waals surface area contributed by atoms with Gasteiger partial charge in [-0.15, -0.1) is 0 Å². The van der Waals surface area contributed by atoms with Crippen molar-refractivity contribution in [1.29, 1.82) is 0 Å². The van der Waals surface area contributed by atoms with E-state index in [2.05, 4.69) is 35.1 Å². The standard InChI is InChI=1S/C16H10N8/c1-2-12-15(19-5-1)22-16(21-12)14-13-11(23-24-14)4-3-10(20-13)9-6-17-8-18-7-9/h1-8H,(H,23,24)(H,19,21,22). The second-order valence-electron chi connectivity index (χ2n) is 5.25. The molecule has 0 unspecified atom stereocenters.